The van der Waals surface area contributed by atoms with Crippen LogP contribution in [0, 0.1) is 12.8 Å². The maximum absolute atomic E-state index is 2.52. The van der Waals surface area contributed by atoms with Crippen molar-refractivity contribution in [3.8, 4) is 0 Å². The molecule has 0 aromatic heterocycles. The number of rotatable bonds is 3. The fourth-order valence-corrected chi connectivity index (χ4v) is 4.42. The van der Waals surface area contributed by atoms with Gasteiger partial charge in [0.05, 0.1) is 11.7 Å². The summed E-state index contributed by atoms with van der Waals surface area (Å²) in [6.45, 7) is 2.22. The van der Waals surface area contributed by atoms with Crippen molar-refractivity contribution in [2.45, 2.75) is 13.0 Å². The predicted octanol–water partition coefficient (Wildman–Crippen LogP) is 6.89. The van der Waals surface area contributed by atoms with E-state index in [0.29, 0.717) is 5.92 Å². The van der Waals surface area contributed by atoms with Gasteiger partial charge in [-0.15, -0.1) is 0 Å². The van der Waals surface area contributed by atoms with Crippen molar-refractivity contribution in [1.82, 2.24) is 0 Å². The van der Waals surface area contributed by atoms with Crippen molar-refractivity contribution in [2.75, 3.05) is 4.90 Å². The van der Waals surface area contributed by atoms with Crippen molar-refractivity contribution in [1.29, 1.82) is 0 Å². The maximum atomic E-state index is 2.52. The van der Waals surface area contributed by atoms with Crippen LogP contribution in [0.4, 0.5) is 11.4 Å². The van der Waals surface area contributed by atoms with E-state index in [2.05, 4.69) is 121 Å². The second kappa shape index (κ2) is 7.01. The Kier molecular flexibility index (Phi) is 4.21. The SMILES string of the molecule is Cc1ccc2ccccc2c1N(c1ccccc1)C1C=CC=C2C=CC=CC21. The zero-order valence-electron chi connectivity index (χ0n) is 16.0. The normalized spacial score (nSPS) is 20.1. The van der Waals surface area contributed by atoms with Crippen molar-refractivity contribution < 1.29 is 0 Å². The molecule has 0 aliphatic heterocycles. The minimum atomic E-state index is 0.230. The van der Waals surface area contributed by atoms with Crippen LogP contribution in [0.25, 0.3) is 10.8 Å². The van der Waals surface area contributed by atoms with Gasteiger partial charge in [0, 0.05) is 17.0 Å². The number of para-hydroxylation sites is 1. The van der Waals surface area contributed by atoms with Gasteiger partial charge in [0.1, 0.15) is 0 Å². The number of hydrogen-bond acceptors (Lipinski definition) is 1. The van der Waals surface area contributed by atoms with Gasteiger partial charge in [-0.3, -0.25) is 0 Å². The Hall–Kier alpha value is -3.32. The summed E-state index contributed by atoms with van der Waals surface area (Å²) in [5.74, 6) is 0.341. The van der Waals surface area contributed by atoms with Crippen LogP contribution in [0.3, 0.4) is 0 Å². The Labute approximate surface area is 166 Å². The Balaban J connectivity index is 1.75. The van der Waals surface area contributed by atoms with Crippen LogP contribution < -0.4 is 4.90 Å². The highest BCUT2D eigenvalue weighted by Crippen LogP contribution is 2.41. The molecule has 136 valence electrons. The van der Waals surface area contributed by atoms with Gasteiger partial charge in [-0.2, -0.15) is 0 Å². The van der Waals surface area contributed by atoms with Crippen LogP contribution in [-0.2, 0) is 0 Å². The van der Waals surface area contributed by atoms with Crippen LogP contribution in [0.5, 0.6) is 0 Å². The molecule has 1 heteroatoms. The first kappa shape index (κ1) is 16.8. The summed E-state index contributed by atoms with van der Waals surface area (Å²) in [4.78, 5) is 2.52. The zero-order valence-corrected chi connectivity index (χ0v) is 16.0. The lowest BCUT2D eigenvalue weighted by Crippen LogP contribution is -2.38. The van der Waals surface area contributed by atoms with Gasteiger partial charge < -0.3 is 4.90 Å². The molecule has 0 fully saturated rings. The smallest absolute Gasteiger partial charge is 0.0629 e. The molecule has 3 aromatic carbocycles. The molecule has 28 heavy (non-hydrogen) atoms. The highest BCUT2D eigenvalue weighted by molar-refractivity contribution is 5.98. The lowest BCUT2D eigenvalue weighted by atomic mass is 9.82. The number of nitrogens with zero attached hydrogens (tertiary/aromatic N) is 1. The van der Waals surface area contributed by atoms with E-state index in [4.69, 9.17) is 0 Å². The molecule has 1 nitrogen and oxygen atoms in total. The number of aryl methyl sites for hydroxylation is 1. The van der Waals surface area contributed by atoms with Gasteiger partial charge in [0.25, 0.3) is 0 Å². The van der Waals surface area contributed by atoms with Crippen LogP contribution in [-0.4, -0.2) is 6.04 Å². The number of hydrogen-bond donors (Lipinski definition) is 0. The molecule has 0 saturated heterocycles. The average molecular weight is 361 g/mol. The van der Waals surface area contributed by atoms with Gasteiger partial charge in [-0.1, -0.05) is 97.1 Å². The monoisotopic (exact) mass is 361 g/mol. The van der Waals surface area contributed by atoms with Crippen LogP contribution in [0.15, 0.2) is 115 Å². The third-order valence-corrected chi connectivity index (χ3v) is 5.74. The Morgan fingerprint density at radius 1 is 0.750 bits per heavy atom. The van der Waals surface area contributed by atoms with Crippen molar-refractivity contribution in [3.63, 3.8) is 0 Å². The zero-order chi connectivity index (χ0) is 18.9. The highest BCUT2D eigenvalue weighted by Gasteiger charge is 2.31. The van der Waals surface area contributed by atoms with E-state index >= 15 is 0 Å². The molecule has 2 aliphatic carbocycles. The summed E-state index contributed by atoms with van der Waals surface area (Å²) >= 11 is 0. The predicted molar refractivity (Wildman–Crippen MR) is 120 cm³/mol. The van der Waals surface area contributed by atoms with Gasteiger partial charge in [0.2, 0.25) is 0 Å². The molecule has 2 atom stereocenters. The van der Waals surface area contributed by atoms with Gasteiger partial charge in [-0.25, -0.2) is 0 Å². The van der Waals surface area contributed by atoms with Crippen LogP contribution >= 0.6 is 0 Å². The third-order valence-electron chi connectivity index (χ3n) is 5.74. The molecule has 0 amide bonds. The molecule has 0 bridgehead atoms. The van der Waals surface area contributed by atoms with Crippen molar-refractivity contribution in [2.24, 2.45) is 5.92 Å². The summed E-state index contributed by atoms with van der Waals surface area (Å²) in [5.41, 5.74) is 5.18. The Morgan fingerprint density at radius 3 is 2.46 bits per heavy atom. The molecule has 3 aromatic rings. The van der Waals surface area contributed by atoms with E-state index < -0.39 is 0 Å². The first-order chi connectivity index (χ1) is 13.8. The quantitative estimate of drug-likeness (QED) is 0.491. The molecule has 0 N–H and O–H groups in total. The summed E-state index contributed by atoms with van der Waals surface area (Å²) < 4.78 is 0. The third kappa shape index (κ3) is 2.80. The molecule has 0 saturated carbocycles. The first-order valence-electron chi connectivity index (χ1n) is 9.89. The van der Waals surface area contributed by atoms with Gasteiger partial charge in [0.15, 0.2) is 0 Å². The highest BCUT2D eigenvalue weighted by atomic mass is 15.2. The standard InChI is InChI=1S/C27H23N/c1-20-18-19-22-11-6-8-16-25(22)27(20)28(23-13-3-2-4-14-23)26-17-9-12-21-10-5-7-15-24(21)26/h2-19,24,26H,1H3. The minimum Gasteiger partial charge on any atom is -0.333 e. The van der Waals surface area contributed by atoms with Gasteiger partial charge in [-0.05, 0) is 35.6 Å². The second-order valence-electron chi connectivity index (χ2n) is 7.47. The van der Waals surface area contributed by atoms with Gasteiger partial charge >= 0.3 is 0 Å². The molecule has 2 unspecified atom stereocenters. The topological polar surface area (TPSA) is 3.24 Å². The van der Waals surface area contributed by atoms with Crippen molar-refractivity contribution >= 4 is 22.1 Å². The molecule has 0 radical (unpaired) electrons. The summed E-state index contributed by atoms with van der Waals surface area (Å²) in [7, 11) is 0. The molecule has 0 spiro atoms. The van der Waals surface area contributed by atoms with E-state index in [1.54, 1.807) is 0 Å². The number of fused-ring (bicyclic) bond motifs is 2. The Bertz CT molecular complexity index is 1130. The Morgan fingerprint density at radius 2 is 1.57 bits per heavy atom. The maximum Gasteiger partial charge on any atom is 0.0629 e. The second-order valence-corrected chi connectivity index (χ2v) is 7.47. The van der Waals surface area contributed by atoms with E-state index in [1.165, 1.54) is 33.3 Å². The number of allylic oxidation sites excluding steroid dienone is 5. The molecule has 5 rings (SSSR count). The fourth-order valence-electron chi connectivity index (χ4n) is 4.42. The largest absolute Gasteiger partial charge is 0.333 e. The lowest BCUT2D eigenvalue weighted by Gasteiger charge is -2.40. The van der Waals surface area contributed by atoms with E-state index in [1.807, 2.05) is 0 Å². The van der Waals surface area contributed by atoms with Crippen molar-refractivity contribution in [3.05, 3.63) is 120 Å². The molecule has 0 heterocycles. The first-order valence-corrected chi connectivity index (χ1v) is 9.89. The molecule has 2 aliphatic rings. The lowest BCUT2D eigenvalue weighted by molar-refractivity contribution is 0.640. The molecular weight excluding hydrogens is 338 g/mol. The van der Waals surface area contributed by atoms with E-state index in [0.717, 1.165) is 0 Å². The van der Waals surface area contributed by atoms with Crippen LogP contribution in [0.1, 0.15) is 5.56 Å². The summed E-state index contributed by atoms with van der Waals surface area (Å²) in [6, 6.07) is 24.2. The minimum absolute atomic E-state index is 0.230. The summed E-state index contributed by atoms with van der Waals surface area (Å²) in [5, 5.41) is 2.57. The van der Waals surface area contributed by atoms with Crippen LogP contribution in [0.2, 0.25) is 0 Å². The number of benzene rings is 3. The van der Waals surface area contributed by atoms with E-state index in [-0.39, 0.29) is 6.04 Å². The summed E-state index contributed by atoms with van der Waals surface area (Å²) in [6.07, 6.45) is 15.7. The fraction of sp³-hybridized carbons (Fsp3) is 0.111. The number of anilines is 2. The average Bonchev–Trinajstić information content (AvgIpc) is 2.76. The molecular formula is C27H23N. The van der Waals surface area contributed by atoms with E-state index in [9.17, 15) is 0 Å².